The van der Waals surface area contributed by atoms with E-state index < -0.39 is 6.09 Å². The van der Waals surface area contributed by atoms with Crippen molar-refractivity contribution in [3.63, 3.8) is 0 Å². The average molecular weight is 364 g/mol. The van der Waals surface area contributed by atoms with Gasteiger partial charge in [-0.2, -0.15) is 11.8 Å². The number of rotatable bonds is 3. The Morgan fingerprint density at radius 1 is 1.16 bits per heavy atom. The predicted octanol–water partition coefficient (Wildman–Crippen LogP) is 1.87. The van der Waals surface area contributed by atoms with Crippen LogP contribution in [0.15, 0.2) is 18.2 Å². The number of hydrogen-bond acceptors (Lipinski definition) is 6. The number of nitrogens with zero attached hydrogens (tertiary/aromatic N) is 2. The first-order valence-electron chi connectivity index (χ1n) is 8.41. The van der Waals surface area contributed by atoms with Gasteiger partial charge in [0.15, 0.2) is 11.5 Å². The quantitative estimate of drug-likeness (QED) is 0.816. The van der Waals surface area contributed by atoms with Crippen LogP contribution in [0.4, 0.5) is 4.79 Å². The molecule has 3 heterocycles. The minimum absolute atomic E-state index is 0.00853. The molecule has 2 fully saturated rings. The molecule has 0 aromatic heterocycles. The Hall–Kier alpha value is -2.09. The van der Waals surface area contributed by atoms with Crippen molar-refractivity contribution in [1.29, 1.82) is 0 Å². The van der Waals surface area contributed by atoms with Crippen LogP contribution in [0.3, 0.4) is 0 Å². The first-order valence-corrected chi connectivity index (χ1v) is 9.46. The fraction of sp³-hybridized carbons (Fsp3) is 0.529. The molecule has 1 aromatic rings. The third-order valence-electron chi connectivity index (χ3n) is 4.63. The summed E-state index contributed by atoms with van der Waals surface area (Å²) in [6.07, 6.45) is 0.483. The van der Waals surface area contributed by atoms with E-state index in [2.05, 4.69) is 6.07 Å². The van der Waals surface area contributed by atoms with Gasteiger partial charge in [0.1, 0.15) is 13.2 Å². The van der Waals surface area contributed by atoms with Gasteiger partial charge in [-0.1, -0.05) is 6.07 Å². The monoisotopic (exact) mass is 364 g/mol. The van der Waals surface area contributed by atoms with Gasteiger partial charge in [0, 0.05) is 24.1 Å². The van der Waals surface area contributed by atoms with Gasteiger partial charge in [0.25, 0.3) is 0 Å². The van der Waals surface area contributed by atoms with E-state index in [-0.39, 0.29) is 19.2 Å². The highest BCUT2D eigenvalue weighted by Gasteiger charge is 2.28. The van der Waals surface area contributed by atoms with Crippen molar-refractivity contribution in [3.8, 4) is 11.5 Å². The van der Waals surface area contributed by atoms with Crippen molar-refractivity contribution in [2.24, 2.45) is 0 Å². The van der Waals surface area contributed by atoms with Gasteiger partial charge >= 0.3 is 6.09 Å². The lowest BCUT2D eigenvalue weighted by Crippen LogP contribution is -2.41. The standard InChI is InChI=1S/C17H20N2O5S/c20-16(10-19-5-7-22-17(19)21)18-4-3-15(25-8-6-18)12-1-2-13-14(9-12)24-11-23-13/h1-2,9,15H,3-8,10-11H2. The third-order valence-corrected chi connectivity index (χ3v) is 5.96. The van der Waals surface area contributed by atoms with E-state index >= 15 is 0 Å². The van der Waals surface area contributed by atoms with E-state index in [4.69, 9.17) is 14.2 Å². The lowest BCUT2D eigenvalue weighted by atomic mass is 10.1. The van der Waals surface area contributed by atoms with Crippen molar-refractivity contribution in [3.05, 3.63) is 23.8 Å². The minimum Gasteiger partial charge on any atom is -0.454 e. The van der Waals surface area contributed by atoms with E-state index in [1.807, 2.05) is 28.8 Å². The highest BCUT2D eigenvalue weighted by Crippen LogP contribution is 2.40. The minimum atomic E-state index is -0.393. The van der Waals surface area contributed by atoms with E-state index in [1.54, 1.807) is 0 Å². The molecule has 7 nitrogen and oxygen atoms in total. The first kappa shape index (κ1) is 16.4. The summed E-state index contributed by atoms with van der Waals surface area (Å²) < 4.78 is 15.7. The van der Waals surface area contributed by atoms with E-state index in [1.165, 1.54) is 10.5 Å². The number of fused-ring (bicyclic) bond motifs is 1. The van der Waals surface area contributed by atoms with Crippen LogP contribution in [0, 0.1) is 0 Å². The van der Waals surface area contributed by atoms with Gasteiger partial charge in [-0.25, -0.2) is 4.79 Å². The Morgan fingerprint density at radius 2 is 2.04 bits per heavy atom. The van der Waals surface area contributed by atoms with Crippen molar-refractivity contribution >= 4 is 23.8 Å². The zero-order chi connectivity index (χ0) is 17.2. The number of carbonyl (C=O) groups excluding carboxylic acids is 2. The summed E-state index contributed by atoms with van der Waals surface area (Å²) in [6.45, 7) is 2.64. The Balaban J connectivity index is 1.37. The maximum Gasteiger partial charge on any atom is 0.410 e. The van der Waals surface area contributed by atoms with Crippen LogP contribution in [0.5, 0.6) is 11.5 Å². The highest BCUT2D eigenvalue weighted by atomic mass is 32.2. The van der Waals surface area contributed by atoms with E-state index in [9.17, 15) is 9.59 Å². The lowest BCUT2D eigenvalue weighted by Gasteiger charge is -2.22. The largest absolute Gasteiger partial charge is 0.454 e. The molecule has 1 atom stereocenters. The van der Waals surface area contributed by atoms with Crippen molar-refractivity contribution in [2.45, 2.75) is 11.7 Å². The summed E-state index contributed by atoms with van der Waals surface area (Å²) in [6, 6.07) is 6.06. The lowest BCUT2D eigenvalue weighted by molar-refractivity contribution is -0.131. The second kappa shape index (κ2) is 7.03. The fourth-order valence-electron chi connectivity index (χ4n) is 3.23. The van der Waals surface area contributed by atoms with Crippen molar-refractivity contribution in [2.75, 3.05) is 45.3 Å². The summed E-state index contributed by atoms with van der Waals surface area (Å²) in [5.41, 5.74) is 1.20. The van der Waals surface area contributed by atoms with Crippen molar-refractivity contribution in [1.82, 2.24) is 9.80 Å². The number of amides is 2. The number of benzene rings is 1. The second-order valence-corrected chi connectivity index (χ2v) is 7.49. The van der Waals surface area contributed by atoms with Crippen LogP contribution in [-0.2, 0) is 9.53 Å². The Kier molecular flexibility index (Phi) is 4.61. The number of cyclic esters (lactones) is 1. The Bertz CT molecular complexity index is 683. The van der Waals surface area contributed by atoms with Crippen LogP contribution in [0.25, 0.3) is 0 Å². The summed E-state index contributed by atoms with van der Waals surface area (Å²) in [5, 5.41) is 0.323. The molecule has 8 heteroatoms. The molecule has 3 aliphatic rings. The number of hydrogen-bond donors (Lipinski definition) is 0. The van der Waals surface area contributed by atoms with Crippen LogP contribution in [0.1, 0.15) is 17.2 Å². The summed E-state index contributed by atoms with van der Waals surface area (Å²) in [7, 11) is 0. The molecule has 0 spiro atoms. The maximum atomic E-state index is 12.5. The SMILES string of the molecule is O=C(CN1CCOC1=O)N1CCSC(c2ccc3c(c2)OCO3)CC1. The van der Waals surface area contributed by atoms with Gasteiger partial charge in [-0.15, -0.1) is 0 Å². The van der Waals surface area contributed by atoms with E-state index in [0.717, 1.165) is 23.7 Å². The Morgan fingerprint density at radius 3 is 2.88 bits per heavy atom. The molecule has 0 N–H and O–H groups in total. The summed E-state index contributed by atoms with van der Waals surface area (Å²) in [4.78, 5) is 27.3. The zero-order valence-corrected chi connectivity index (χ0v) is 14.6. The topological polar surface area (TPSA) is 68.3 Å². The molecule has 1 aromatic carbocycles. The van der Waals surface area contributed by atoms with Gasteiger partial charge in [-0.05, 0) is 24.1 Å². The van der Waals surface area contributed by atoms with Gasteiger partial charge in [0.2, 0.25) is 12.7 Å². The number of ether oxygens (including phenoxy) is 3. The average Bonchev–Trinajstić information content (AvgIpc) is 3.16. The fourth-order valence-corrected chi connectivity index (χ4v) is 4.45. The molecule has 0 saturated carbocycles. The number of carbonyl (C=O) groups is 2. The molecular weight excluding hydrogens is 344 g/mol. The normalized spacial score (nSPS) is 22.7. The molecule has 0 bridgehead atoms. The second-order valence-electron chi connectivity index (χ2n) is 6.18. The molecule has 2 saturated heterocycles. The molecule has 1 unspecified atom stereocenters. The molecule has 25 heavy (non-hydrogen) atoms. The summed E-state index contributed by atoms with van der Waals surface area (Å²) >= 11 is 1.85. The maximum absolute atomic E-state index is 12.5. The van der Waals surface area contributed by atoms with Gasteiger partial charge in [-0.3, -0.25) is 9.69 Å². The molecule has 0 aliphatic carbocycles. The molecular formula is C17H20N2O5S. The summed E-state index contributed by atoms with van der Waals surface area (Å²) in [5.74, 6) is 2.44. The van der Waals surface area contributed by atoms with Crippen LogP contribution in [0.2, 0.25) is 0 Å². The zero-order valence-electron chi connectivity index (χ0n) is 13.8. The van der Waals surface area contributed by atoms with Crippen LogP contribution >= 0.6 is 11.8 Å². The third kappa shape index (κ3) is 3.49. The molecule has 4 rings (SSSR count). The highest BCUT2D eigenvalue weighted by molar-refractivity contribution is 7.99. The van der Waals surface area contributed by atoms with E-state index in [0.29, 0.717) is 31.5 Å². The van der Waals surface area contributed by atoms with Crippen LogP contribution < -0.4 is 9.47 Å². The molecule has 3 aliphatic heterocycles. The first-order chi connectivity index (χ1) is 12.2. The molecule has 134 valence electrons. The Labute approximate surface area is 150 Å². The molecule has 0 radical (unpaired) electrons. The number of thioether (sulfide) groups is 1. The van der Waals surface area contributed by atoms with Gasteiger partial charge < -0.3 is 19.1 Å². The van der Waals surface area contributed by atoms with Crippen LogP contribution in [-0.4, -0.2) is 67.1 Å². The molecule has 2 amide bonds. The smallest absolute Gasteiger partial charge is 0.410 e. The van der Waals surface area contributed by atoms with Gasteiger partial charge in [0.05, 0.1) is 6.54 Å². The predicted molar refractivity (Wildman–Crippen MR) is 91.9 cm³/mol. The van der Waals surface area contributed by atoms with Crippen molar-refractivity contribution < 1.29 is 23.8 Å².